The fraction of sp³-hybridized carbons (Fsp3) is 0.188. The number of ether oxygens (including phenoxy) is 1. The first kappa shape index (κ1) is 13.9. The van der Waals surface area contributed by atoms with Crippen molar-refractivity contribution in [1.82, 2.24) is 4.90 Å². The molecule has 0 aliphatic carbocycles. The monoisotopic (exact) mass is 305 g/mol. The summed E-state index contributed by atoms with van der Waals surface area (Å²) in [6, 6.07) is 12.0. The van der Waals surface area contributed by atoms with Crippen LogP contribution in [0.5, 0.6) is 5.75 Å². The number of hydrogen-bond acceptors (Lipinski definition) is 2. The molecule has 108 valence electrons. The third-order valence-electron chi connectivity index (χ3n) is 3.45. The molecule has 0 saturated carbocycles. The van der Waals surface area contributed by atoms with Crippen molar-refractivity contribution in [2.75, 3.05) is 6.61 Å². The number of halogens is 2. The number of rotatable bonds is 3. The fourth-order valence-electron chi connectivity index (χ4n) is 2.31. The Morgan fingerprint density at radius 1 is 1.19 bits per heavy atom. The Labute approximate surface area is 126 Å². The lowest BCUT2D eigenvalue weighted by molar-refractivity contribution is -0.134. The summed E-state index contributed by atoms with van der Waals surface area (Å²) in [5, 5.41) is -0.0199. The van der Waals surface area contributed by atoms with Crippen LogP contribution in [0.25, 0.3) is 0 Å². The van der Waals surface area contributed by atoms with Gasteiger partial charge in [0.05, 0.1) is 5.02 Å². The number of nitrogens with zero attached hydrogens (tertiary/aromatic N) is 1. The molecular weight excluding hydrogens is 293 g/mol. The van der Waals surface area contributed by atoms with Crippen LogP contribution in [0.4, 0.5) is 4.39 Å². The molecule has 0 aromatic heterocycles. The molecule has 0 N–H and O–H groups in total. The molecule has 1 aliphatic rings. The summed E-state index contributed by atoms with van der Waals surface area (Å²) in [7, 11) is 0. The first-order valence-corrected chi connectivity index (χ1v) is 6.93. The first-order valence-electron chi connectivity index (χ1n) is 6.56. The minimum atomic E-state index is -0.509. The largest absolute Gasteiger partial charge is 0.484 e. The minimum absolute atomic E-state index is 0.0199. The number of carbonyl (C=O) groups excluding carboxylic acids is 1. The molecule has 1 heterocycles. The van der Waals surface area contributed by atoms with Crippen molar-refractivity contribution in [1.29, 1.82) is 0 Å². The van der Waals surface area contributed by atoms with Crippen LogP contribution in [0.15, 0.2) is 42.5 Å². The molecule has 1 amide bonds. The lowest BCUT2D eigenvalue weighted by atomic mass is 10.1. The second-order valence-electron chi connectivity index (χ2n) is 4.88. The SMILES string of the molecule is O=C(COc1ccc(F)c(Cl)c1)N1Cc2ccccc2C1. The Kier molecular flexibility index (Phi) is 3.80. The van der Waals surface area contributed by atoms with Gasteiger partial charge in [0.25, 0.3) is 5.91 Å². The van der Waals surface area contributed by atoms with Crippen LogP contribution < -0.4 is 4.74 Å². The topological polar surface area (TPSA) is 29.5 Å². The van der Waals surface area contributed by atoms with Crippen molar-refractivity contribution in [3.05, 3.63) is 64.4 Å². The van der Waals surface area contributed by atoms with Gasteiger partial charge in [-0.1, -0.05) is 35.9 Å². The summed E-state index contributed by atoms with van der Waals surface area (Å²) in [5.74, 6) is -0.233. The van der Waals surface area contributed by atoms with E-state index in [1.54, 1.807) is 4.90 Å². The molecule has 21 heavy (non-hydrogen) atoms. The summed E-state index contributed by atoms with van der Waals surface area (Å²) < 4.78 is 18.4. The van der Waals surface area contributed by atoms with Gasteiger partial charge < -0.3 is 9.64 Å². The summed E-state index contributed by atoms with van der Waals surface area (Å²) in [6.07, 6.45) is 0. The zero-order valence-electron chi connectivity index (χ0n) is 11.2. The zero-order valence-corrected chi connectivity index (χ0v) is 11.9. The fourth-order valence-corrected chi connectivity index (χ4v) is 2.48. The molecule has 2 aromatic rings. The molecular formula is C16H13ClFNO2. The number of amides is 1. The van der Waals surface area contributed by atoms with Crippen molar-refractivity contribution in [3.63, 3.8) is 0 Å². The van der Waals surface area contributed by atoms with Gasteiger partial charge in [-0.25, -0.2) is 4.39 Å². The van der Waals surface area contributed by atoms with Gasteiger partial charge in [-0.15, -0.1) is 0 Å². The molecule has 0 atom stereocenters. The smallest absolute Gasteiger partial charge is 0.261 e. The summed E-state index contributed by atoms with van der Waals surface area (Å²) in [6.45, 7) is 1.11. The lowest BCUT2D eigenvalue weighted by Gasteiger charge is -2.15. The molecule has 3 rings (SSSR count). The highest BCUT2D eigenvalue weighted by Gasteiger charge is 2.23. The maximum absolute atomic E-state index is 13.0. The molecule has 2 aromatic carbocycles. The quantitative estimate of drug-likeness (QED) is 0.870. The molecule has 3 nitrogen and oxygen atoms in total. The molecule has 0 spiro atoms. The van der Waals surface area contributed by atoms with Crippen LogP contribution in [0.1, 0.15) is 11.1 Å². The predicted molar refractivity (Wildman–Crippen MR) is 77.6 cm³/mol. The first-order chi connectivity index (χ1) is 10.1. The molecule has 0 saturated heterocycles. The Hall–Kier alpha value is -2.07. The molecule has 0 fully saturated rings. The van der Waals surface area contributed by atoms with E-state index in [0.717, 1.165) is 11.1 Å². The second-order valence-corrected chi connectivity index (χ2v) is 5.29. The highest BCUT2D eigenvalue weighted by molar-refractivity contribution is 6.30. The van der Waals surface area contributed by atoms with E-state index in [4.69, 9.17) is 16.3 Å². The van der Waals surface area contributed by atoms with E-state index in [0.29, 0.717) is 18.8 Å². The van der Waals surface area contributed by atoms with Crippen LogP contribution >= 0.6 is 11.6 Å². The van der Waals surface area contributed by atoms with Gasteiger partial charge in [-0.2, -0.15) is 0 Å². The van der Waals surface area contributed by atoms with Crippen molar-refractivity contribution in [2.45, 2.75) is 13.1 Å². The Morgan fingerprint density at radius 2 is 1.86 bits per heavy atom. The van der Waals surface area contributed by atoms with Crippen LogP contribution in [0.2, 0.25) is 5.02 Å². The van der Waals surface area contributed by atoms with E-state index in [9.17, 15) is 9.18 Å². The molecule has 0 bridgehead atoms. The van der Waals surface area contributed by atoms with Crippen LogP contribution in [0.3, 0.4) is 0 Å². The van der Waals surface area contributed by atoms with Gasteiger partial charge in [0.2, 0.25) is 0 Å². The lowest BCUT2D eigenvalue weighted by Crippen LogP contribution is -2.30. The van der Waals surface area contributed by atoms with E-state index in [-0.39, 0.29) is 17.5 Å². The standard InChI is InChI=1S/C16H13ClFNO2/c17-14-7-13(5-6-15(14)18)21-10-16(20)19-8-11-3-1-2-4-12(11)9-19/h1-7H,8-10H2. The van der Waals surface area contributed by atoms with Gasteiger partial charge in [0.1, 0.15) is 11.6 Å². The van der Waals surface area contributed by atoms with Crippen LogP contribution in [-0.4, -0.2) is 17.4 Å². The summed E-state index contributed by atoms with van der Waals surface area (Å²) in [4.78, 5) is 13.9. The van der Waals surface area contributed by atoms with E-state index < -0.39 is 5.82 Å². The van der Waals surface area contributed by atoms with E-state index in [1.807, 2.05) is 24.3 Å². The highest BCUT2D eigenvalue weighted by atomic mass is 35.5. The maximum Gasteiger partial charge on any atom is 0.261 e. The Bertz CT molecular complexity index is 665. The molecule has 5 heteroatoms. The second kappa shape index (κ2) is 5.74. The maximum atomic E-state index is 13.0. The minimum Gasteiger partial charge on any atom is -0.484 e. The van der Waals surface area contributed by atoms with Crippen molar-refractivity contribution in [3.8, 4) is 5.75 Å². The van der Waals surface area contributed by atoms with Crippen molar-refractivity contribution < 1.29 is 13.9 Å². The predicted octanol–water partition coefficient (Wildman–Crippen LogP) is 3.40. The number of benzene rings is 2. The number of fused-ring (bicyclic) bond motifs is 1. The van der Waals surface area contributed by atoms with Crippen LogP contribution in [-0.2, 0) is 17.9 Å². The molecule has 1 aliphatic heterocycles. The van der Waals surface area contributed by atoms with Gasteiger partial charge in [-0.3, -0.25) is 4.79 Å². The van der Waals surface area contributed by atoms with Gasteiger partial charge in [0.15, 0.2) is 6.61 Å². The van der Waals surface area contributed by atoms with Crippen LogP contribution in [0, 0.1) is 5.82 Å². The summed E-state index contributed by atoms with van der Waals surface area (Å²) in [5.41, 5.74) is 2.33. The van der Waals surface area contributed by atoms with E-state index in [2.05, 4.69) is 0 Å². The Balaban J connectivity index is 1.59. The van der Waals surface area contributed by atoms with Gasteiger partial charge in [-0.05, 0) is 23.3 Å². The van der Waals surface area contributed by atoms with Gasteiger partial charge in [0, 0.05) is 19.2 Å². The number of hydrogen-bond donors (Lipinski definition) is 0. The molecule has 0 unspecified atom stereocenters. The average Bonchev–Trinajstić information content (AvgIpc) is 2.92. The molecule has 0 radical (unpaired) electrons. The average molecular weight is 306 g/mol. The van der Waals surface area contributed by atoms with E-state index in [1.165, 1.54) is 18.2 Å². The Morgan fingerprint density at radius 3 is 2.48 bits per heavy atom. The third kappa shape index (κ3) is 3.00. The zero-order chi connectivity index (χ0) is 14.8. The highest BCUT2D eigenvalue weighted by Crippen LogP contribution is 2.23. The van der Waals surface area contributed by atoms with Crippen molar-refractivity contribution in [2.24, 2.45) is 0 Å². The van der Waals surface area contributed by atoms with Gasteiger partial charge >= 0.3 is 0 Å². The van der Waals surface area contributed by atoms with Crippen molar-refractivity contribution >= 4 is 17.5 Å². The van der Waals surface area contributed by atoms with E-state index >= 15 is 0 Å². The summed E-state index contributed by atoms with van der Waals surface area (Å²) >= 11 is 5.67. The number of carbonyl (C=O) groups is 1. The normalized spacial score (nSPS) is 13.1. The third-order valence-corrected chi connectivity index (χ3v) is 3.74.